The smallest absolute Gasteiger partial charge is 0.254 e. The van der Waals surface area contributed by atoms with E-state index in [1.165, 1.54) is 12.1 Å². The number of amides is 1. The number of nitrogens with one attached hydrogen (secondary N) is 1. The van der Waals surface area contributed by atoms with E-state index >= 15 is 0 Å². The molecule has 0 fully saturated rings. The van der Waals surface area contributed by atoms with Crippen LogP contribution in [0.1, 0.15) is 10.4 Å². The third-order valence-corrected chi connectivity index (χ3v) is 1.96. The quantitative estimate of drug-likeness (QED) is 0.771. The molecule has 0 spiro atoms. The highest BCUT2D eigenvalue weighted by atomic mass is 35.5. The van der Waals surface area contributed by atoms with Gasteiger partial charge in [-0.15, -0.1) is 0 Å². The first kappa shape index (κ1) is 11.2. The van der Waals surface area contributed by atoms with Crippen molar-refractivity contribution in [1.82, 2.24) is 10.3 Å². The zero-order valence-corrected chi connectivity index (χ0v) is 8.64. The summed E-state index contributed by atoms with van der Waals surface area (Å²) in [7, 11) is 0. The highest BCUT2D eigenvalue weighted by molar-refractivity contribution is 6.34. The Hall–Kier alpha value is -0.840. The molecule has 2 N–H and O–H groups in total. The van der Waals surface area contributed by atoms with Crippen LogP contribution in [0.2, 0.25) is 10.3 Å². The van der Waals surface area contributed by atoms with Crippen LogP contribution in [0, 0.1) is 0 Å². The van der Waals surface area contributed by atoms with E-state index in [2.05, 4.69) is 10.3 Å². The number of hydrogen-bond acceptors (Lipinski definition) is 3. The summed E-state index contributed by atoms with van der Waals surface area (Å²) in [5.41, 5.74) is 0.240. The minimum atomic E-state index is -0.381. The van der Waals surface area contributed by atoms with E-state index < -0.39 is 0 Å². The number of rotatable bonds is 3. The lowest BCUT2D eigenvalue weighted by molar-refractivity contribution is 0.0944. The molecule has 0 aliphatic heterocycles. The Balaban J connectivity index is 2.80. The molecule has 0 aliphatic carbocycles. The van der Waals surface area contributed by atoms with E-state index in [0.717, 1.165) is 0 Å². The van der Waals surface area contributed by atoms with Crippen molar-refractivity contribution in [3.8, 4) is 0 Å². The maximum absolute atomic E-state index is 11.3. The van der Waals surface area contributed by atoms with Crippen LogP contribution in [-0.4, -0.2) is 29.1 Å². The van der Waals surface area contributed by atoms with Gasteiger partial charge in [-0.1, -0.05) is 23.2 Å². The monoisotopic (exact) mass is 234 g/mol. The number of aliphatic hydroxyl groups is 1. The van der Waals surface area contributed by atoms with Crippen LogP contribution in [0.4, 0.5) is 0 Å². The van der Waals surface area contributed by atoms with Crippen molar-refractivity contribution in [3.63, 3.8) is 0 Å². The van der Waals surface area contributed by atoms with Crippen molar-refractivity contribution >= 4 is 29.1 Å². The molecule has 0 aromatic carbocycles. The fourth-order valence-corrected chi connectivity index (χ4v) is 1.28. The number of halogens is 2. The minimum Gasteiger partial charge on any atom is -0.395 e. The van der Waals surface area contributed by atoms with E-state index in [-0.39, 0.29) is 34.9 Å². The number of pyridine rings is 1. The van der Waals surface area contributed by atoms with Gasteiger partial charge in [-0.05, 0) is 12.1 Å². The van der Waals surface area contributed by atoms with Crippen molar-refractivity contribution in [2.24, 2.45) is 0 Å². The Morgan fingerprint density at radius 2 is 2.21 bits per heavy atom. The molecule has 0 atom stereocenters. The first-order chi connectivity index (χ1) is 6.65. The summed E-state index contributed by atoms with van der Waals surface area (Å²) in [6.45, 7) is 0.0577. The molecule has 1 aromatic rings. The molecule has 1 rings (SSSR count). The molecule has 0 saturated heterocycles. The summed E-state index contributed by atoms with van der Waals surface area (Å²) in [5.74, 6) is -0.381. The number of aliphatic hydroxyl groups excluding tert-OH is 1. The van der Waals surface area contributed by atoms with Gasteiger partial charge >= 0.3 is 0 Å². The summed E-state index contributed by atoms with van der Waals surface area (Å²) in [6.07, 6.45) is 0. The summed E-state index contributed by atoms with van der Waals surface area (Å²) in [4.78, 5) is 15.1. The summed E-state index contributed by atoms with van der Waals surface area (Å²) < 4.78 is 0. The summed E-state index contributed by atoms with van der Waals surface area (Å²) in [6, 6.07) is 2.95. The number of carbonyl (C=O) groups excluding carboxylic acids is 1. The van der Waals surface area contributed by atoms with Gasteiger partial charge in [0.05, 0.1) is 12.2 Å². The first-order valence-electron chi connectivity index (χ1n) is 3.86. The number of carbonyl (C=O) groups is 1. The lowest BCUT2D eigenvalue weighted by Gasteiger charge is -2.04. The van der Waals surface area contributed by atoms with E-state index in [9.17, 15) is 4.79 Å². The molecule has 14 heavy (non-hydrogen) atoms. The zero-order chi connectivity index (χ0) is 10.6. The molecule has 0 bridgehead atoms. The Morgan fingerprint density at radius 1 is 1.50 bits per heavy atom. The predicted octanol–water partition coefficient (Wildman–Crippen LogP) is 1.11. The highest BCUT2D eigenvalue weighted by Crippen LogP contribution is 2.16. The van der Waals surface area contributed by atoms with Crippen LogP contribution in [-0.2, 0) is 0 Å². The van der Waals surface area contributed by atoms with Crippen LogP contribution in [0.3, 0.4) is 0 Å². The Morgan fingerprint density at radius 3 is 2.79 bits per heavy atom. The van der Waals surface area contributed by atoms with E-state index in [1.54, 1.807) is 0 Å². The normalized spacial score (nSPS) is 9.93. The van der Waals surface area contributed by atoms with Gasteiger partial charge in [0, 0.05) is 6.54 Å². The molecule has 0 saturated carbocycles. The first-order valence-corrected chi connectivity index (χ1v) is 4.62. The maximum Gasteiger partial charge on any atom is 0.254 e. The van der Waals surface area contributed by atoms with Crippen LogP contribution < -0.4 is 5.32 Å². The van der Waals surface area contributed by atoms with Gasteiger partial charge in [-0.2, -0.15) is 0 Å². The molecule has 4 nitrogen and oxygen atoms in total. The van der Waals surface area contributed by atoms with Crippen LogP contribution in [0.5, 0.6) is 0 Å². The fourth-order valence-electron chi connectivity index (χ4n) is 0.846. The Labute approximate surface area is 90.9 Å². The lowest BCUT2D eigenvalue weighted by atomic mass is 10.2. The molecular formula is C8H8Cl2N2O2. The number of aromatic nitrogens is 1. The molecular weight excluding hydrogens is 227 g/mol. The van der Waals surface area contributed by atoms with Gasteiger partial charge in [-0.3, -0.25) is 4.79 Å². The third kappa shape index (κ3) is 2.83. The molecule has 0 aliphatic rings. The largest absolute Gasteiger partial charge is 0.395 e. The van der Waals surface area contributed by atoms with Crippen LogP contribution in [0.15, 0.2) is 12.1 Å². The van der Waals surface area contributed by atoms with E-state index in [0.29, 0.717) is 0 Å². The molecule has 1 aromatic heterocycles. The molecule has 6 heteroatoms. The maximum atomic E-state index is 11.3. The lowest BCUT2D eigenvalue weighted by Crippen LogP contribution is -2.26. The third-order valence-electron chi connectivity index (χ3n) is 1.46. The van der Waals surface area contributed by atoms with Crippen molar-refractivity contribution in [1.29, 1.82) is 0 Å². The van der Waals surface area contributed by atoms with Gasteiger partial charge in [-0.25, -0.2) is 4.98 Å². The van der Waals surface area contributed by atoms with E-state index in [1.807, 2.05) is 0 Å². The zero-order valence-electron chi connectivity index (χ0n) is 7.13. The predicted molar refractivity (Wildman–Crippen MR) is 53.7 cm³/mol. The van der Waals surface area contributed by atoms with E-state index in [4.69, 9.17) is 28.3 Å². The SMILES string of the molecule is O=C(NCCO)c1ccc(Cl)nc1Cl. The van der Waals surface area contributed by atoms with Gasteiger partial charge in [0.25, 0.3) is 5.91 Å². The molecule has 76 valence electrons. The van der Waals surface area contributed by atoms with Gasteiger partial charge < -0.3 is 10.4 Å². The molecule has 1 amide bonds. The fraction of sp³-hybridized carbons (Fsp3) is 0.250. The van der Waals surface area contributed by atoms with Crippen molar-refractivity contribution in [3.05, 3.63) is 28.0 Å². The van der Waals surface area contributed by atoms with Gasteiger partial charge in [0.15, 0.2) is 0 Å². The highest BCUT2D eigenvalue weighted by Gasteiger charge is 2.10. The van der Waals surface area contributed by atoms with Crippen LogP contribution >= 0.6 is 23.2 Å². The number of nitrogens with zero attached hydrogens (tertiary/aromatic N) is 1. The molecule has 0 radical (unpaired) electrons. The Bertz CT molecular complexity index is 344. The topological polar surface area (TPSA) is 62.2 Å². The summed E-state index contributed by atoms with van der Waals surface area (Å²) >= 11 is 11.2. The molecule has 1 heterocycles. The van der Waals surface area contributed by atoms with Crippen molar-refractivity contribution in [2.45, 2.75) is 0 Å². The second kappa shape index (κ2) is 5.14. The van der Waals surface area contributed by atoms with Crippen molar-refractivity contribution < 1.29 is 9.90 Å². The van der Waals surface area contributed by atoms with Crippen LogP contribution in [0.25, 0.3) is 0 Å². The number of hydrogen-bond donors (Lipinski definition) is 2. The standard InChI is InChI=1S/C8H8Cl2N2O2/c9-6-2-1-5(7(10)12-6)8(14)11-3-4-13/h1-2,13H,3-4H2,(H,11,14). The summed E-state index contributed by atoms with van der Waals surface area (Å²) in [5, 5.41) is 11.2. The van der Waals surface area contributed by atoms with Crippen molar-refractivity contribution in [2.75, 3.05) is 13.2 Å². The minimum absolute atomic E-state index is 0.0490. The molecule has 0 unspecified atom stereocenters. The average Bonchev–Trinajstić information content (AvgIpc) is 2.14. The average molecular weight is 235 g/mol. The van der Waals surface area contributed by atoms with Gasteiger partial charge in [0.1, 0.15) is 10.3 Å². The second-order valence-corrected chi connectivity index (χ2v) is 3.20. The second-order valence-electron chi connectivity index (χ2n) is 2.45. The Kier molecular flexibility index (Phi) is 4.13. The van der Waals surface area contributed by atoms with Gasteiger partial charge in [0.2, 0.25) is 0 Å².